The molecule has 10 heteroatoms. The first kappa shape index (κ1) is 24.5. The number of likely N-dealkylation sites (tertiary alicyclic amines) is 1. The third-order valence-electron chi connectivity index (χ3n) is 7.68. The fourth-order valence-corrected chi connectivity index (χ4v) is 5.69. The summed E-state index contributed by atoms with van der Waals surface area (Å²) in [5.74, 6) is 1.47. The number of rotatable bonds is 6. The molecular formula is C30H28FN7O2. The Hall–Kier alpha value is -4.57. The maximum atomic E-state index is 14.5. The molecule has 40 heavy (non-hydrogen) atoms. The van der Waals surface area contributed by atoms with Crippen LogP contribution in [0, 0.1) is 5.82 Å². The summed E-state index contributed by atoms with van der Waals surface area (Å²) >= 11 is 0. The average molecular weight is 538 g/mol. The zero-order valence-corrected chi connectivity index (χ0v) is 22.3. The predicted octanol–water partition coefficient (Wildman–Crippen LogP) is 5.69. The lowest BCUT2D eigenvalue weighted by atomic mass is 9.97. The molecule has 4 heterocycles. The minimum Gasteiger partial charge on any atom is -0.496 e. The van der Waals surface area contributed by atoms with Crippen molar-refractivity contribution in [1.82, 2.24) is 35.1 Å². The van der Waals surface area contributed by atoms with Gasteiger partial charge in [0.25, 0.3) is 0 Å². The molecule has 202 valence electrons. The standard InChI is InChI=1S/C30H28FN7O2/c1-37-15-21-13-18(8-10-25(21)36-37)28-22-14-19(9-11-26(22)32-33-28)29-34-35-30(40-29)20-5-4-12-38(16-20)17-23-24(31)6-3-7-27(23)39-2/h3,6-11,13-15,20H,4-5,12,16-17H2,1-2H3,(H,32,33)/t20-/m1/s1. The molecule has 6 aromatic rings. The zero-order chi connectivity index (χ0) is 27.2. The minimum atomic E-state index is -0.254. The predicted molar refractivity (Wildman–Crippen MR) is 149 cm³/mol. The fraction of sp³-hybridized carbons (Fsp3) is 0.267. The minimum absolute atomic E-state index is 0.0761. The topological polar surface area (TPSA) is 97.9 Å². The summed E-state index contributed by atoms with van der Waals surface area (Å²) in [4.78, 5) is 2.22. The van der Waals surface area contributed by atoms with E-state index in [0.29, 0.717) is 36.2 Å². The summed E-state index contributed by atoms with van der Waals surface area (Å²) in [6.45, 7) is 2.05. The first-order valence-corrected chi connectivity index (χ1v) is 13.3. The molecule has 0 bridgehead atoms. The second-order valence-electron chi connectivity index (χ2n) is 10.3. The number of piperidine rings is 1. The van der Waals surface area contributed by atoms with Gasteiger partial charge < -0.3 is 9.15 Å². The number of benzene rings is 3. The van der Waals surface area contributed by atoms with Crippen LogP contribution in [0.5, 0.6) is 5.75 Å². The summed E-state index contributed by atoms with van der Waals surface area (Å²) in [7, 11) is 3.49. The van der Waals surface area contributed by atoms with E-state index in [1.165, 1.54) is 6.07 Å². The van der Waals surface area contributed by atoms with Crippen molar-refractivity contribution in [3.63, 3.8) is 0 Å². The number of fused-ring (bicyclic) bond motifs is 2. The van der Waals surface area contributed by atoms with Crippen LogP contribution in [0.2, 0.25) is 0 Å². The second kappa shape index (κ2) is 9.87. The van der Waals surface area contributed by atoms with Crippen molar-refractivity contribution < 1.29 is 13.5 Å². The van der Waals surface area contributed by atoms with Gasteiger partial charge in [0.15, 0.2) is 0 Å². The summed E-state index contributed by atoms with van der Waals surface area (Å²) in [6, 6.07) is 17.1. The van der Waals surface area contributed by atoms with Gasteiger partial charge in [0.05, 0.1) is 29.8 Å². The Morgan fingerprint density at radius 1 is 1.10 bits per heavy atom. The number of methoxy groups -OCH3 is 1. The molecule has 1 fully saturated rings. The number of ether oxygens (including phenoxy) is 1. The number of halogens is 1. The SMILES string of the molecule is COc1cccc(F)c1CN1CCC[C@@H](c2nnc(-c3ccc4[nH]nc(-c5ccc6nn(C)cc6c5)c4c3)o2)C1. The van der Waals surface area contributed by atoms with Crippen molar-refractivity contribution in [2.45, 2.75) is 25.3 Å². The molecule has 3 aromatic carbocycles. The van der Waals surface area contributed by atoms with E-state index in [1.54, 1.807) is 19.2 Å². The highest BCUT2D eigenvalue weighted by Gasteiger charge is 2.27. The molecule has 0 unspecified atom stereocenters. The van der Waals surface area contributed by atoms with Crippen LogP contribution in [0.1, 0.15) is 30.2 Å². The number of nitrogens with zero attached hydrogens (tertiary/aromatic N) is 6. The summed E-state index contributed by atoms with van der Waals surface area (Å²) < 4.78 is 28.0. The van der Waals surface area contributed by atoms with Gasteiger partial charge in [-0.2, -0.15) is 10.2 Å². The highest BCUT2D eigenvalue weighted by atomic mass is 19.1. The molecule has 0 radical (unpaired) electrons. The van der Waals surface area contributed by atoms with Crippen LogP contribution in [0.25, 0.3) is 44.5 Å². The van der Waals surface area contributed by atoms with Crippen LogP contribution < -0.4 is 4.74 Å². The molecule has 0 aliphatic carbocycles. The van der Waals surface area contributed by atoms with Gasteiger partial charge in [-0.15, -0.1) is 10.2 Å². The highest BCUT2D eigenvalue weighted by molar-refractivity contribution is 5.97. The maximum Gasteiger partial charge on any atom is 0.247 e. The van der Waals surface area contributed by atoms with Crippen molar-refractivity contribution in [3.05, 3.63) is 78.1 Å². The molecule has 1 aliphatic rings. The van der Waals surface area contributed by atoms with E-state index in [2.05, 4.69) is 36.5 Å². The van der Waals surface area contributed by atoms with Crippen molar-refractivity contribution in [2.75, 3.05) is 20.2 Å². The van der Waals surface area contributed by atoms with Crippen LogP contribution in [-0.4, -0.2) is 55.3 Å². The Morgan fingerprint density at radius 2 is 2.00 bits per heavy atom. The number of nitrogens with one attached hydrogen (secondary N) is 1. The van der Waals surface area contributed by atoms with Gasteiger partial charge >= 0.3 is 0 Å². The molecule has 7 rings (SSSR count). The van der Waals surface area contributed by atoms with E-state index in [-0.39, 0.29) is 11.7 Å². The number of H-pyrrole nitrogens is 1. The monoisotopic (exact) mass is 537 g/mol. The largest absolute Gasteiger partial charge is 0.496 e. The smallest absolute Gasteiger partial charge is 0.247 e. The highest BCUT2D eigenvalue weighted by Crippen LogP contribution is 2.34. The van der Waals surface area contributed by atoms with E-state index >= 15 is 0 Å². The van der Waals surface area contributed by atoms with Gasteiger partial charge in [-0.05, 0) is 61.9 Å². The van der Waals surface area contributed by atoms with Crippen molar-refractivity contribution >= 4 is 21.8 Å². The van der Waals surface area contributed by atoms with Gasteiger partial charge in [-0.3, -0.25) is 14.7 Å². The third-order valence-corrected chi connectivity index (χ3v) is 7.68. The van der Waals surface area contributed by atoms with E-state index in [1.807, 2.05) is 48.3 Å². The van der Waals surface area contributed by atoms with E-state index < -0.39 is 0 Å². The van der Waals surface area contributed by atoms with Crippen molar-refractivity contribution in [3.8, 4) is 28.5 Å². The van der Waals surface area contributed by atoms with Crippen LogP contribution in [-0.2, 0) is 13.6 Å². The zero-order valence-electron chi connectivity index (χ0n) is 22.3. The Balaban J connectivity index is 1.14. The molecule has 1 aliphatic heterocycles. The molecule has 1 atom stereocenters. The number of aryl methyl sites for hydroxylation is 1. The van der Waals surface area contributed by atoms with Gasteiger partial charge in [-0.1, -0.05) is 12.1 Å². The fourth-order valence-electron chi connectivity index (χ4n) is 5.69. The lowest BCUT2D eigenvalue weighted by Crippen LogP contribution is -2.34. The Labute approximate surface area is 229 Å². The lowest BCUT2D eigenvalue weighted by molar-refractivity contribution is 0.182. The maximum absolute atomic E-state index is 14.5. The third kappa shape index (κ3) is 4.40. The van der Waals surface area contributed by atoms with E-state index in [4.69, 9.17) is 9.15 Å². The number of hydrogen-bond donors (Lipinski definition) is 1. The quantitative estimate of drug-likeness (QED) is 0.291. The molecule has 0 spiro atoms. The van der Waals surface area contributed by atoms with Gasteiger partial charge in [0.2, 0.25) is 11.8 Å². The Morgan fingerprint density at radius 3 is 2.90 bits per heavy atom. The van der Waals surface area contributed by atoms with Crippen LogP contribution in [0.3, 0.4) is 0 Å². The van der Waals surface area contributed by atoms with Crippen molar-refractivity contribution in [2.24, 2.45) is 7.05 Å². The second-order valence-corrected chi connectivity index (χ2v) is 10.3. The van der Waals surface area contributed by atoms with E-state index in [9.17, 15) is 4.39 Å². The Kier molecular flexibility index (Phi) is 6.04. The molecule has 9 nitrogen and oxygen atoms in total. The number of hydrogen-bond acceptors (Lipinski definition) is 7. The molecular weight excluding hydrogens is 509 g/mol. The van der Waals surface area contributed by atoms with Gasteiger partial charge in [0.1, 0.15) is 11.6 Å². The van der Waals surface area contributed by atoms with Crippen molar-refractivity contribution in [1.29, 1.82) is 0 Å². The first-order valence-electron chi connectivity index (χ1n) is 13.3. The number of aromatic nitrogens is 6. The normalized spacial score (nSPS) is 16.2. The molecule has 1 saturated heterocycles. The van der Waals surface area contributed by atoms with Crippen LogP contribution in [0.15, 0.2) is 65.2 Å². The summed E-state index contributed by atoms with van der Waals surface area (Å²) in [6.07, 6.45) is 3.90. The molecule has 0 amide bonds. The van der Waals surface area contributed by atoms with E-state index in [0.717, 1.165) is 58.0 Å². The van der Waals surface area contributed by atoms with Gasteiger partial charge in [-0.25, -0.2) is 4.39 Å². The molecule has 3 aromatic heterocycles. The summed E-state index contributed by atoms with van der Waals surface area (Å²) in [5.41, 5.74) is 5.14. The van der Waals surface area contributed by atoms with Crippen LogP contribution >= 0.6 is 0 Å². The van der Waals surface area contributed by atoms with Crippen LogP contribution in [0.4, 0.5) is 4.39 Å². The lowest BCUT2D eigenvalue weighted by Gasteiger charge is -2.31. The average Bonchev–Trinajstić information content (AvgIpc) is 3.71. The Bertz CT molecular complexity index is 1840. The number of aromatic amines is 1. The summed E-state index contributed by atoms with van der Waals surface area (Å²) in [5, 5.41) is 23.0. The van der Waals surface area contributed by atoms with Gasteiger partial charge in [0, 0.05) is 53.8 Å². The molecule has 0 saturated carbocycles. The molecule has 1 N–H and O–H groups in total. The first-order chi connectivity index (χ1) is 19.6.